The molecule has 0 saturated heterocycles. The van der Waals surface area contributed by atoms with Crippen molar-refractivity contribution in [2.45, 2.75) is 33.1 Å². The largest absolute Gasteiger partial charge is 0.497 e. The van der Waals surface area contributed by atoms with Crippen molar-refractivity contribution >= 4 is 0 Å². The summed E-state index contributed by atoms with van der Waals surface area (Å²) in [7, 11) is 1.40. The Balaban J connectivity index is 2.53. The monoisotopic (exact) mass is 271 g/mol. The lowest BCUT2D eigenvalue weighted by atomic mass is 9.97. The second kappa shape index (κ2) is 8.10. The van der Waals surface area contributed by atoms with Gasteiger partial charge in [0.2, 0.25) is 0 Å². The number of rotatable bonds is 8. The second-order valence-corrected chi connectivity index (χ2v) is 4.86. The summed E-state index contributed by atoms with van der Waals surface area (Å²) in [5, 5.41) is 3.25. The van der Waals surface area contributed by atoms with Crippen LogP contribution in [0.4, 0.5) is 8.78 Å². The Morgan fingerprint density at radius 3 is 2.37 bits per heavy atom. The minimum absolute atomic E-state index is 0.163. The molecule has 19 heavy (non-hydrogen) atoms. The fourth-order valence-corrected chi connectivity index (χ4v) is 2.00. The first-order valence-electron chi connectivity index (χ1n) is 6.81. The van der Waals surface area contributed by atoms with Crippen LogP contribution >= 0.6 is 0 Å². The van der Waals surface area contributed by atoms with Crippen molar-refractivity contribution in [3.8, 4) is 5.75 Å². The van der Waals surface area contributed by atoms with E-state index in [2.05, 4.69) is 19.2 Å². The molecule has 108 valence electrons. The molecule has 0 heterocycles. The van der Waals surface area contributed by atoms with Gasteiger partial charge in [0, 0.05) is 17.7 Å². The van der Waals surface area contributed by atoms with Gasteiger partial charge >= 0.3 is 0 Å². The van der Waals surface area contributed by atoms with Gasteiger partial charge in [0.1, 0.15) is 17.4 Å². The fourth-order valence-electron chi connectivity index (χ4n) is 2.00. The summed E-state index contributed by atoms with van der Waals surface area (Å²) < 4.78 is 32.3. The normalized spacial score (nSPS) is 12.5. The average molecular weight is 271 g/mol. The van der Waals surface area contributed by atoms with Crippen molar-refractivity contribution in [3.05, 3.63) is 29.3 Å². The van der Waals surface area contributed by atoms with Crippen LogP contribution in [0.1, 0.15) is 32.3 Å². The molecule has 0 bridgehead atoms. The van der Waals surface area contributed by atoms with E-state index in [9.17, 15) is 8.78 Å². The molecule has 1 aromatic rings. The molecule has 0 fully saturated rings. The minimum Gasteiger partial charge on any atom is -0.497 e. The fraction of sp³-hybridized carbons (Fsp3) is 0.600. The Morgan fingerprint density at radius 1 is 1.21 bits per heavy atom. The van der Waals surface area contributed by atoms with Gasteiger partial charge in [-0.1, -0.05) is 13.8 Å². The van der Waals surface area contributed by atoms with Crippen LogP contribution < -0.4 is 10.1 Å². The van der Waals surface area contributed by atoms with Crippen LogP contribution in [0.3, 0.4) is 0 Å². The summed E-state index contributed by atoms with van der Waals surface area (Å²) in [5.41, 5.74) is 0.163. The highest BCUT2D eigenvalue weighted by Gasteiger charge is 2.13. The van der Waals surface area contributed by atoms with Crippen molar-refractivity contribution in [1.82, 2.24) is 5.32 Å². The van der Waals surface area contributed by atoms with Gasteiger partial charge in [-0.25, -0.2) is 8.78 Å². The third kappa shape index (κ3) is 5.15. The van der Waals surface area contributed by atoms with E-state index in [1.54, 1.807) is 0 Å². The van der Waals surface area contributed by atoms with E-state index in [-0.39, 0.29) is 11.3 Å². The number of benzene rings is 1. The lowest BCUT2D eigenvalue weighted by Gasteiger charge is -2.13. The van der Waals surface area contributed by atoms with Crippen molar-refractivity contribution in [2.24, 2.45) is 5.92 Å². The van der Waals surface area contributed by atoms with E-state index in [1.807, 2.05) is 0 Å². The lowest BCUT2D eigenvalue weighted by molar-refractivity contribution is 0.403. The maximum absolute atomic E-state index is 13.7. The first kappa shape index (κ1) is 15.9. The van der Waals surface area contributed by atoms with Crippen LogP contribution in [0.25, 0.3) is 0 Å². The Kier molecular flexibility index (Phi) is 6.78. The molecule has 4 heteroatoms. The quantitative estimate of drug-likeness (QED) is 0.730. The summed E-state index contributed by atoms with van der Waals surface area (Å²) in [6.45, 7) is 6.07. The molecule has 1 aromatic carbocycles. The molecule has 0 spiro atoms. The average Bonchev–Trinajstić information content (AvgIpc) is 2.37. The first-order chi connectivity index (χ1) is 9.08. The smallest absolute Gasteiger partial charge is 0.133 e. The summed E-state index contributed by atoms with van der Waals surface area (Å²) in [6.07, 6.45) is 2.23. The highest BCUT2D eigenvalue weighted by atomic mass is 19.1. The van der Waals surface area contributed by atoms with Crippen molar-refractivity contribution < 1.29 is 13.5 Å². The van der Waals surface area contributed by atoms with Crippen LogP contribution in [-0.2, 0) is 6.42 Å². The van der Waals surface area contributed by atoms with Gasteiger partial charge in [-0.2, -0.15) is 0 Å². The van der Waals surface area contributed by atoms with Crippen LogP contribution in [0.2, 0.25) is 0 Å². The number of hydrogen-bond acceptors (Lipinski definition) is 2. The molecule has 0 saturated carbocycles. The molecule has 1 unspecified atom stereocenters. The van der Waals surface area contributed by atoms with Crippen LogP contribution in [0.15, 0.2) is 12.1 Å². The highest BCUT2D eigenvalue weighted by Crippen LogP contribution is 2.23. The molecule has 1 rings (SSSR count). The van der Waals surface area contributed by atoms with Gasteiger partial charge in [-0.05, 0) is 38.3 Å². The molecule has 0 aliphatic heterocycles. The molecule has 0 aliphatic carbocycles. The zero-order valence-electron chi connectivity index (χ0n) is 11.9. The molecular weight excluding hydrogens is 248 g/mol. The van der Waals surface area contributed by atoms with Gasteiger partial charge in [0.05, 0.1) is 7.11 Å². The standard InChI is InChI=1S/C15H23F2NO/c1-4-18-8-7-11(2)5-6-13-14(16)9-12(19-3)10-15(13)17/h9-11,18H,4-8H2,1-3H3. The summed E-state index contributed by atoms with van der Waals surface area (Å²) in [5.74, 6) is -0.370. The summed E-state index contributed by atoms with van der Waals surface area (Å²) in [4.78, 5) is 0. The number of halogens is 2. The molecule has 0 radical (unpaired) electrons. The molecule has 0 aliphatic rings. The number of nitrogens with one attached hydrogen (secondary N) is 1. The number of methoxy groups -OCH3 is 1. The maximum atomic E-state index is 13.7. The van der Waals surface area contributed by atoms with Gasteiger partial charge < -0.3 is 10.1 Å². The van der Waals surface area contributed by atoms with Crippen molar-refractivity contribution in [1.29, 1.82) is 0 Å². The zero-order chi connectivity index (χ0) is 14.3. The SMILES string of the molecule is CCNCCC(C)CCc1c(F)cc(OC)cc1F. The molecule has 1 atom stereocenters. The third-order valence-corrected chi connectivity index (χ3v) is 3.30. The Hall–Kier alpha value is -1.16. The van der Waals surface area contributed by atoms with E-state index >= 15 is 0 Å². The van der Waals surface area contributed by atoms with E-state index in [0.29, 0.717) is 12.3 Å². The van der Waals surface area contributed by atoms with Gasteiger partial charge in [-0.3, -0.25) is 0 Å². The van der Waals surface area contributed by atoms with Gasteiger partial charge in [-0.15, -0.1) is 0 Å². The summed E-state index contributed by atoms with van der Waals surface area (Å²) >= 11 is 0. The number of ether oxygens (including phenoxy) is 1. The molecular formula is C15H23F2NO. The molecule has 1 N–H and O–H groups in total. The van der Waals surface area contributed by atoms with E-state index in [1.165, 1.54) is 19.2 Å². The first-order valence-corrected chi connectivity index (χ1v) is 6.81. The maximum Gasteiger partial charge on any atom is 0.133 e. The third-order valence-electron chi connectivity index (χ3n) is 3.30. The van der Waals surface area contributed by atoms with Gasteiger partial charge in [0.15, 0.2) is 0 Å². The van der Waals surface area contributed by atoms with E-state index in [4.69, 9.17) is 4.74 Å². The predicted molar refractivity (Wildman–Crippen MR) is 73.6 cm³/mol. The van der Waals surface area contributed by atoms with E-state index < -0.39 is 11.6 Å². The van der Waals surface area contributed by atoms with Crippen LogP contribution in [-0.4, -0.2) is 20.2 Å². The summed E-state index contributed by atoms with van der Waals surface area (Å²) in [6, 6.07) is 2.48. The minimum atomic E-state index is -0.518. The van der Waals surface area contributed by atoms with Crippen LogP contribution in [0.5, 0.6) is 5.75 Å². The van der Waals surface area contributed by atoms with E-state index in [0.717, 1.165) is 25.9 Å². The number of hydrogen-bond donors (Lipinski definition) is 1. The van der Waals surface area contributed by atoms with Gasteiger partial charge in [0.25, 0.3) is 0 Å². The molecule has 0 aromatic heterocycles. The highest BCUT2D eigenvalue weighted by molar-refractivity contribution is 5.30. The zero-order valence-corrected chi connectivity index (χ0v) is 11.9. The Morgan fingerprint density at radius 2 is 1.84 bits per heavy atom. The predicted octanol–water partition coefficient (Wildman–Crippen LogP) is 3.54. The Labute approximate surface area is 114 Å². The second-order valence-electron chi connectivity index (χ2n) is 4.86. The Bertz CT molecular complexity index is 373. The van der Waals surface area contributed by atoms with Crippen molar-refractivity contribution in [2.75, 3.05) is 20.2 Å². The molecule has 0 amide bonds. The molecule has 2 nitrogen and oxygen atoms in total. The van der Waals surface area contributed by atoms with Crippen molar-refractivity contribution in [3.63, 3.8) is 0 Å². The lowest BCUT2D eigenvalue weighted by Crippen LogP contribution is -2.16. The van der Waals surface area contributed by atoms with Crippen LogP contribution in [0, 0.1) is 17.6 Å². The topological polar surface area (TPSA) is 21.3 Å².